The minimum atomic E-state index is -0.537. The summed E-state index contributed by atoms with van der Waals surface area (Å²) >= 11 is 0. The number of nitrogens with zero attached hydrogens (tertiary/aromatic N) is 1. The van der Waals surface area contributed by atoms with Crippen LogP contribution in [0.2, 0.25) is 0 Å². The molecule has 0 radical (unpaired) electrons. The average molecular weight is 315 g/mol. The van der Waals surface area contributed by atoms with Crippen molar-refractivity contribution in [1.82, 2.24) is 15.3 Å². The fourth-order valence-electron chi connectivity index (χ4n) is 2.33. The van der Waals surface area contributed by atoms with Gasteiger partial charge in [0.05, 0.1) is 5.69 Å². The molecule has 0 spiro atoms. The number of carbonyl (C=O) groups excluding carboxylic acids is 1. The van der Waals surface area contributed by atoms with Gasteiger partial charge in [0, 0.05) is 25.8 Å². The van der Waals surface area contributed by atoms with Crippen molar-refractivity contribution in [2.75, 3.05) is 20.3 Å². The quantitative estimate of drug-likeness (QED) is 0.796. The Bertz CT molecular complexity index is 753. The van der Waals surface area contributed by atoms with Gasteiger partial charge < -0.3 is 15.0 Å². The van der Waals surface area contributed by atoms with Crippen LogP contribution >= 0.6 is 0 Å². The van der Waals surface area contributed by atoms with E-state index < -0.39 is 5.69 Å². The number of rotatable bonds is 6. The summed E-state index contributed by atoms with van der Waals surface area (Å²) in [5, 5.41) is 2.75. The number of aromatic nitrogens is 2. The third-order valence-electron chi connectivity index (χ3n) is 3.46. The topological polar surface area (TPSA) is 84.1 Å². The van der Waals surface area contributed by atoms with Crippen LogP contribution in [0.15, 0.2) is 29.1 Å². The molecule has 6 nitrogen and oxygen atoms in total. The molecule has 0 saturated heterocycles. The van der Waals surface area contributed by atoms with Gasteiger partial charge in [-0.1, -0.05) is 23.8 Å². The number of carbonyl (C=O) groups is 1. The first-order chi connectivity index (χ1) is 11.0. The highest BCUT2D eigenvalue weighted by Crippen LogP contribution is 2.21. The second-order valence-electron chi connectivity index (χ2n) is 5.41. The molecule has 0 unspecified atom stereocenters. The first-order valence-electron chi connectivity index (χ1n) is 7.47. The fourth-order valence-corrected chi connectivity index (χ4v) is 2.33. The van der Waals surface area contributed by atoms with E-state index in [1.54, 1.807) is 13.2 Å². The molecule has 122 valence electrons. The maximum absolute atomic E-state index is 12.1. The summed E-state index contributed by atoms with van der Waals surface area (Å²) in [6.45, 7) is 5.01. The number of amides is 1. The van der Waals surface area contributed by atoms with Crippen LogP contribution in [0, 0.1) is 13.8 Å². The first-order valence-corrected chi connectivity index (χ1v) is 7.47. The molecule has 0 bridgehead atoms. The van der Waals surface area contributed by atoms with Crippen molar-refractivity contribution in [3.05, 3.63) is 51.6 Å². The maximum atomic E-state index is 12.1. The van der Waals surface area contributed by atoms with Crippen molar-refractivity contribution in [3.63, 3.8) is 0 Å². The normalized spacial score (nSPS) is 10.6. The number of aromatic amines is 1. The summed E-state index contributed by atoms with van der Waals surface area (Å²) < 4.78 is 4.93. The maximum Gasteiger partial charge on any atom is 0.346 e. The summed E-state index contributed by atoms with van der Waals surface area (Å²) in [5.74, 6) is -0.327. The van der Waals surface area contributed by atoms with Gasteiger partial charge in [-0.15, -0.1) is 0 Å². The molecule has 1 amide bonds. The Labute approximate surface area is 134 Å². The summed E-state index contributed by atoms with van der Waals surface area (Å²) in [6.07, 6.45) is 0.710. The van der Waals surface area contributed by atoms with Gasteiger partial charge in [-0.05, 0) is 31.9 Å². The third kappa shape index (κ3) is 4.50. The summed E-state index contributed by atoms with van der Waals surface area (Å²) in [7, 11) is 1.61. The lowest BCUT2D eigenvalue weighted by atomic mass is 10.0. The predicted molar refractivity (Wildman–Crippen MR) is 88.6 cm³/mol. The van der Waals surface area contributed by atoms with Crippen molar-refractivity contribution < 1.29 is 9.53 Å². The summed E-state index contributed by atoms with van der Waals surface area (Å²) in [6, 6.07) is 7.48. The first kappa shape index (κ1) is 16.9. The smallest absolute Gasteiger partial charge is 0.346 e. The van der Waals surface area contributed by atoms with E-state index in [-0.39, 0.29) is 11.6 Å². The summed E-state index contributed by atoms with van der Waals surface area (Å²) in [4.78, 5) is 30.4. The number of methoxy groups -OCH3 is 1. The van der Waals surface area contributed by atoms with Crippen molar-refractivity contribution in [1.29, 1.82) is 0 Å². The van der Waals surface area contributed by atoms with Crippen LogP contribution in [-0.4, -0.2) is 36.1 Å². The highest BCUT2D eigenvalue weighted by atomic mass is 16.5. The van der Waals surface area contributed by atoms with Crippen molar-refractivity contribution in [2.45, 2.75) is 20.3 Å². The van der Waals surface area contributed by atoms with Gasteiger partial charge in [-0.25, -0.2) is 4.79 Å². The molecule has 0 aliphatic rings. The van der Waals surface area contributed by atoms with E-state index in [1.807, 2.05) is 32.0 Å². The molecule has 0 atom stereocenters. The SMILES string of the molecule is COCCCNC(=O)c1cc(-c2ccc(C)cc2C)nc(=O)[nH]1. The highest BCUT2D eigenvalue weighted by Gasteiger charge is 2.11. The number of H-pyrrole nitrogens is 1. The third-order valence-corrected chi connectivity index (χ3v) is 3.46. The second kappa shape index (κ2) is 7.69. The highest BCUT2D eigenvalue weighted by molar-refractivity contribution is 5.93. The van der Waals surface area contributed by atoms with Gasteiger partial charge in [0.2, 0.25) is 0 Å². The Hall–Kier alpha value is -2.47. The molecule has 2 N–H and O–H groups in total. The number of benzene rings is 1. The zero-order chi connectivity index (χ0) is 16.8. The molecule has 2 aromatic rings. The molecular formula is C17H21N3O3. The molecule has 6 heteroatoms. The second-order valence-corrected chi connectivity index (χ2v) is 5.41. The van der Waals surface area contributed by atoms with Gasteiger partial charge in [-0.3, -0.25) is 4.79 Å². The van der Waals surface area contributed by atoms with Crippen LogP contribution in [0.4, 0.5) is 0 Å². The fraction of sp³-hybridized carbons (Fsp3) is 0.353. The van der Waals surface area contributed by atoms with E-state index in [1.165, 1.54) is 0 Å². The minimum Gasteiger partial charge on any atom is -0.385 e. The van der Waals surface area contributed by atoms with Gasteiger partial charge in [0.15, 0.2) is 0 Å². The zero-order valence-electron chi connectivity index (χ0n) is 13.6. The van der Waals surface area contributed by atoms with Gasteiger partial charge >= 0.3 is 5.69 Å². The monoisotopic (exact) mass is 315 g/mol. The van der Waals surface area contributed by atoms with E-state index in [2.05, 4.69) is 15.3 Å². The molecular weight excluding hydrogens is 294 g/mol. The van der Waals surface area contributed by atoms with Gasteiger partial charge in [0.25, 0.3) is 5.91 Å². The Balaban J connectivity index is 2.25. The number of ether oxygens (including phenoxy) is 1. The Morgan fingerprint density at radius 1 is 1.30 bits per heavy atom. The largest absolute Gasteiger partial charge is 0.385 e. The van der Waals surface area contributed by atoms with Crippen LogP contribution < -0.4 is 11.0 Å². The molecule has 1 aromatic heterocycles. The van der Waals surface area contributed by atoms with Crippen molar-refractivity contribution >= 4 is 5.91 Å². The number of aryl methyl sites for hydroxylation is 2. The van der Waals surface area contributed by atoms with Crippen LogP contribution in [0.5, 0.6) is 0 Å². The predicted octanol–water partition coefficient (Wildman–Crippen LogP) is 1.82. The molecule has 0 aliphatic heterocycles. The molecule has 0 aliphatic carbocycles. The van der Waals surface area contributed by atoms with Gasteiger partial charge in [0.1, 0.15) is 5.69 Å². The number of hydrogen-bond acceptors (Lipinski definition) is 4. The van der Waals surface area contributed by atoms with E-state index in [9.17, 15) is 9.59 Å². The number of hydrogen-bond donors (Lipinski definition) is 2. The lowest BCUT2D eigenvalue weighted by molar-refractivity contribution is 0.0943. The Morgan fingerprint density at radius 3 is 2.78 bits per heavy atom. The molecule has 2 rings (SSSR count). The lowest BCUT2D eigenvalue weighted by Crippen LogP contribution is -2.28. The Morgan fingerprint density at radius 2 is 2.09 bits per heavy atom. The van der Waals surface area contributed by atoms with E-state index in [4.69, 9.17) is 4.74 Å². The van der Waals surface area contributed by atoms with E-state index >= 15 is 0 Å². The molecule has 23 heavy (non-hydrogen) atoms. The molecule has 1 heterocycles. The number of nitrogens with one attached hydrogen (secondary N) is 2. The summed E-state index contributed by atoms with van der Waals surface area (Å²) in [5.41, 5.74) is 3.15. The van der Waals surface area contributed by atoms with Crippen molar-refractivity contribution in [3.8, 4) is 11.3 Å². The van der Waals surface area contributed by atoms with Crippen LogP contribution in [0.25, 0.3) is 11.3 Å². The average Bonchev–Trinajstić information content (AvgIpc) is 2.50. The van der Waals surface area contributed by atoms with E-state index in [0.29, 0.717) is 25.3 Å². The standard InChI is InChI=1S/C17H21N3O3/c1-11-5-6-13(12(2)9-11)14-10-15(20-17(22)19-14)16(21)18-7-4-8-23-3/h5-6,9-10H,4,7-8H2,1-3H3,(H,18,21)(H,19,20,22). The zero-order valence-corrected chi connectivity index (χ0v) is 13.6. The molecule has 0 saturated carbocycles. The van der Waals surface area contributed by atoms with Crippen LogP contribution in [-0.2, 0) is 4.74 Å². The van der Waals surface area contributed by atoms with Crippen molar-refractivity contribution in [2.24, 2.45) is 0 Å². The molecule has 0 fully saturated rings. The van der Waals surface area contributed by atoms with E-state index in [0.717, 1.165) is 16.7 Å². The lowest BCUT2D eigenvalue weighted by Gasteiger charge is -2.08. The Kier molecular flexibility index (Phi) is 5.65. The van der Waals surface area contributed by atoms with Gasteiger partial charge in [-0.2, -0.15) is 4.98 Å². The minimum absolute atomic E-state index is 0.206. The van der Waals surface area contributed by atoms with Crippen LogP contribution in [0.3, 0.4) is 0 Å². The molecule has 1 aromatic carbocycles. The van der Waals surface area contributed by atoms with Crippen LogP contribution in [0.1, 0.15) is 28.0 Å².